The molecule has 28 heavy (non-hydrogen) atoms. The minimum atomic E-state index is -1.71. The predicted molar refractivity (Wildman–Crippen MR) is 101 cm³/mol. The van der Waals surface area contributed by atoms with Crippen LogP contribution < -0.4 is 21.0 Å². The van der Waals surface area contributed by atoms with E-state index in [9.17, 15) is 14.9 Å². The Bertz CT molecular complexity index is 1330. The zero-order valence-corrected chi connectivity index (χ0v) is 14.7. The first-order valence-electron chi connectivity index (χ1n) is 8.54. The number of nitrogens with two attached hydrogens (primary N) is 1. The molecule has 3 aromatic rings. The first-order valence-corrected chi connectivity index (χ1v) is 8.54. The van der Waals surface area contributed by atoms with Gasteiger partial charge in [0.25, 0.3) is 0 Å². The van der Waals surface area contributed by atoms with E-state index in [1.165, 1.54) is 4.90 Å². The van der Waals surface area contributed by atoms with E-state index < -0.39 is 16.9 Å². The summed E-state index contributed by atoms with van der Waals surface area (Å²) in [5.41, 5.74) is 4.89. The Morgan fingerprint density at radius 3 is 2.61 bits per heavy atom. The standard InChI is InChI=1S/C21H13N3O4/c1-24-14-8-4-3-7-12(14)21(20(24)26)13(10-22)18(23)28-17-11-6-2-5-9-15(11)27-19(25)16(17)21/h2-9H,23H2,1H3. The van der Waals surface area contributed by atoms with Gasteiger partial charge >= 0.3 is 5.63 Å². The summed E-state index contributed by atoms with van der Waals surface area (Å²) in [6, 6.07) is 15.8. The number of nitrogens with zero attached hydrogens (tertiary/aromatic N) is 2. The minimum absolute atomic E-state index is 0.0289. The molecule has 1 spiro atoms. The van der Waals surface area contributed by atoms with Crippen molar-refractivity contribution >= 4 is 22.6 Å². The van der Waals surface area contributed by atoms with Crippen LogP contribution >= 0.6 is 0 Å². The zero-order chi connectivity index (χ0) is 19.6. The first-order chi connectivity index (χ1) is 13.5. The van der Waals surface area contributed by atoms with E-state index >= 15 is 0 Å². The molecule has 0 saturated carbocycles. The second kappa shape index (κ2) is 5.24. The number of likely N-dealkylation sites (N-methyl/N-ethyl adjacent to an activating group) is 1. The Morgan fingerprint density at radius 1 is 1.11 bits per heavy atom. The van der Waals surface area contributed by atoms with E-state index in [-0.39, 0.29) is 22.8 Å². The van der Waals surface area contributed by atoms with Gasteiger partial charge in [-0.25, -0.2) is 4.79 Å². The van der Waals surface area contributed by atoms with Crippen molar-refractivity contribution in [2.75, 3.05) is 11.9 Å². The second-order valence-electron chi connectivity index (χ2n) is 6.67. The molecule has 3 heterocycles. The summed E-state index contributed by atoms with van der Waals surface area (Å²) in [6.45, 7) is 0. The van der Waals surface area contributed by atoms with Crippen molar-refractivity contribution in [2.24, 2.45) is 5.73 Å². The molecule has 2 aromatic carbocycles. The lowest BCUT2D eigenvalue weighted by Gasteiger charge is -2.33. The van der Waals surface area contributed by atoms with E-state index in [0.717, 1.165) is 0 Å². The summed E-state index contributed by atoms with van der Waals surface area (Å²) in [5.74, 6) is -0.522. The van der Waals surface area contributed by atoms with Gasteiger partial charge in [-0.15, -0.1) is 0 Å². The summed E-state index contributed by atoms with van der Waals surface area (Å²) in [4.78, 5) is 28.1. The van der Waals surface area contributed by atoms with Crippen molar-refractivity contribution < 1.29 is 13.9 Å². The predicted octanol–water partition coefficient (Wildman–Crippen LogP) is 2.14. The number of nitriles is 1. The largest absolute Gasteiger partial charge is 0.439 e. The van der Waals surface area contributed by atoms with Crippen LogP contribution in [0.1, 0.15) is 11.1 Å². The number of benzene rings is 2. The number of carbonyl (C=O) groups is 1. The lowest BCUT2D eigenvalue weighted by Crippen LogP contribution is -2.47. The second-order valence-corrected chi connectivity index (χ2v) is 6.67. The van der Waals surface area contributed by atoms with E-state index in [0.29, 0.717) is 22.2 Å². The molecule has 136 valence electrons. The highest BCUT2D eigenvalue weighted by Crippen LogP contribution is 2.54. The molecule has 1 unspecified atom stereocenters. The molecular weight excluding hydrogens is 358 g/mol. The molecular formula is C21H13N3O4. The topological polar surface area (TPSA) is 110 Å². The third-order valence-electron chi connectivity index (χ3n) is 5.38. The quantitative estimate of drug-likeness (QED) is 0.606. The summed E-state index contributed by atoms with van der Waals surface area (Å²) in [7, 11) is 1.60. The maximum atomic E-state index is 13.6. The van der Waals surface area contributed by atoms with Crippen LogP contribution in [0.4, 0.5) is 5.69 Å². The van der Waals surface area contributed by atoms with E-state index in [2.05, 4.69) is 0 Å². The van der Waals surface area contributed by atoms with Crippen molar-refractivity contribution in [3.8, 4) is 11.8 Å². The molecule has 1 aromatic heterocycles. The fourth-order valence-corrected chi connectivity index (χ4v) is 4.20. The van der Waals surface area contributed by atoms with Gasteiger partial charge in [-0.05, 0) is 18.2 Å². The number of hydrogen-bond acceptors (Lipinski definition) is 6. The van der Waals surface area contributed by atoms with Gasteiger partial charge in [0.05, 0.1) is 5.39 Å². The molecule has 2 aliphatic rings. The van der Waals surface area contributed by atoms with Crippen LogP contribution in [0.25, 0.3) is 11.0 Å². The number of rotatable bonds is 0. The van der Waals surface area contributed by atoms with Gasteiger partial charge < -0.3 is 19.8 Å². The fraction of sp³-hybridized carbons (Fsp3) is 0.0952. The molecule has 2 aliphatic heterocycles. The summed E-state index contributed by atoms with van der Waals surface area (Å²) in [6.07, 6.45) is 0. The Kier molecular flexibility index (Phi) is 3.02. The van der Waals surface area contributed by atoms with Crippen LogP contribution in [0.15, 0.2) is 69.2 Å². The van der Waals surface area contributed by atoms with Crippen molar-refractivity contribution in [1.29, 1.82) is 5.26 Å². The van der Waals surface area contributed by atoms with Crippen LogP contribution in [-0.4, -0.2) is 13.0 Å². The average Bonchev–Trinajstić information content (AvgIpc) is 2.91. The van der Waals surface area contributed by atoms with Gasteiger partial charge in [-0.3, -0.25) is 4.79 Å². The molecule has 1 amide bonds. The van der Waals surface area contributed by atoms with E-state index in [1.807, 2.05) is 6.07 Å². The summed E-state index contributed by atoms with van der Waals surface area (Å²) in [5, 5.41) is 10.4. The van der Waals surface area contributed by atoms with Crippen LogP contribution in [0.2, 0.25) is 0 Å². The molecule has 0 radical (unpaired) electrons. The Labute approximate surface area is 158 Å². The van der Waals surface area contributed by atoms with Crippen LogP contribution in [-0.2, 0) is 10.2 Å². The van der Waals surface area contributed by atoms with Gasteiger partial charge in [0.15, 0.2) is 11.2 Å². The highest BCUT2D eigenvalue weighted by atomic mass is 16.5. The first kappa shape index (κ1) is 16.1. The van der Waals surface area contributed by atoms with Crippen LogP contribution in [0.3, 0.4) is 0 Å². The van der Waals surface area contributed by atoms with Gasteiger partial charge in [-0.1, -0.05) is 30.3 Å². The van der Waals surface area contributed by atoms with Crippen LogP contribution in [0, 0.1) is 11.3 Å². The van der Waals surface area contributed by atoms with Gasteiger partial charge in [0.2, 0.25) is 11.8 Å². The lowest BCUT2D eigenvalue weighted by molar-refractivity contribution is -0.120. The van der Waals surface area contributed by atoms with Crippen molar-refractivity contribution in [2.45, 2.75) is 5.41 Å². The Morgan fingerprint density at radius 2 is 1.82 bits per heavy atom. The number of hydrogen-bond donors (Lipinski definition) is 1. The summed E-state index contributed by atoms with van der Waals surface area (Å²) >= 11 is 0. The normalized spacial score (nSPS) is 20.1. The molecule has 0 saturated heterocycles. The number of para-hydroxylation sites is 2. The molecule has 7 heteroatoms. The smallest absolute Gasteiger partial charge is 0.345 e. The lowest BCUT2D eigenvalue weighted by atomic mass is 9.69. The van der Waals surface area contributed by atoms with Crippen LogP contribution in [0.5, 0.6) is 5.75 Å². The molecule has 1 atom stereocenters. The maximum Gasteiger partial charge on any atom is 0.345 e. The minimum Gasteiger partial charge on any atom is -0.439 e. The SMILES string of the molecule is CN1C(=O)C2(C(C#N)=C(N)Oc3c2c(=O)oc2ccccc32)c2ccccc21. The third kappa shape index (κ3) is 1.67. The van der Waals surface area contributed by atoms with Crippen molar-refractivity contribution in [3.63, 3.8) is 0 Å². The number of carbonyl (C=O) groups excluding carboxylic acids is 1. The maximum absolute atomic E-state index is 13.6. The van der Waals surface area contributed by atoms with E-state index in [4.69, 9.17) is 14.9 Å². The van der Waals surface area contributed by atoms with E-state index in [1.54, 1.807) is 55.6 Å². The molecule has 5 rings (SSSR count). The Balaban J connectivity index is 2.04. The number of ether oxygens (including phenoxy) is 1. The highest BCUT2D eigenvalue weighted by molar-refractivity contribution is 6.14. The molecule has 2 N–H and O–H groups in total. The number of amides is 1. The van der Waals surface area contributed by atoms with Gasteiger partial charge in [-0.2, -0.15) is 5.26 Å². The van der Waals surface area contributed by atoms with Gasteiger partial charge in [0.1, 0.15) is 22.8 Å². The highest BCUT2D eigenvalue weighted by Gasteiger charge is 2.60. The van der Waals surface area contributed by atoms with Crippen molar-refractivity contribution in [1.82, 2.24) is 0 Å². The van der Waals surface area contributed by atoms with Crippen molar-refractivity contribution in [3.05, 3.63) is 81.5 Å². The molecule has 7 nitrogen and oxygen atoms in total. The molecule has 0 aliphatic carbocycles. The number of fused-ring (bicyclic) bond motifs is 6. The zero-order valence-electron chi connectivity index (χ0n) is 14.7. The fourth-order valence-electron chi connectivity index (χ4n) is 4.20. The molecule has 0 bridgehead atoms. The average molecular weight is 371 g/mol. The molecule has 0 fully saturated rings. The number of anilines is 1. The summed E-state index contributed by atoms with van der Waals surface area (Å²) < 4.78 is 11.2. The Hall–Kier alpha value is -4.05. The van der Waals surface area contributed by atoms with Gasteiger partial charge in [0, 0.05) is 18.3 Å². The third-order valence-corrected chi connectivity index (χ3v) is 5.38. The monoisotopic (exact) mass is 371 g/mol.